The molecule has 3 rings (SSSR count). The van der Waals surface area contributed by atoms with Gasteiger partial charge in [-0.2, -0.15) is 0 Å². The van der Waals surface area contributed by atoms with E-state index in [1.165, 1.54) is 11.1 Å². The van der Waals surface area contributed by atoms with Gasteiger partial charge in [0.15, 0.2) is 0 Å². The Labute approximate surface area is 164 Å². The van der Waals surface area contributed by atoms with Crippen LogP contribution in [-0.4, -0.2) is 17.4 Å². The number of carbonyl (C=O) groups excluding carboxylic acids is 1. The molecule has 0 atom stereocenters. The van der Waals surface area contributed by atoms with E-state index in [1.807, 2.05) is 68.4 Å². The molecule has 0 saturated carbocycles. The number of nitrogens with zero attached hydrogens (tertiary/aromatic N) is 1. The molecule has 0 spiro atoms. The van der Waals surface area contributed by atoms with Gasteiger partial charge in [-0.25, -0.2) is 4.98 Å². The van der Waals surface area contributed by atoms with Gasteiger partial charge in [-0.15, -0.1) is 0 Å². The van der Waals surface area contributed by atoms with Gasteiger partial charge in [-0.3, -0.25) is 4.79 Å². The van der Waals surface area contributed by atoms with E-state index >= 15 is 0 Å². The van der Waals surface area contributed by atoms with Crippen molar-refractivity contribution >= 4 is 29.0 Å². The van der Waals surface area contributed by atoms with Crippen molar-refractivity contribution in [3.8, 4) is 0 Å². The van der Waals surface area contributed by atoms with E-state index in [9.17, 15) is 4.79 Å². The van der Waals surface area contributed by atoms with Crippen LogP contribution in [0.25, 0.3) is 0 Å². The van der Waals surface area contributed by atoms with Gasteiger partial charge in [-0.05, 0) is 73.4 Å². The topological polar surface area (TPSA) is 54.0 Å². The van der Waals surface area contributed by atoms with Crippen LogP contribution < -0.4 is 10.6 Å². The smallest absolute Gasteiger partial charge is 0.255 e. The SMILES string of the molecule is Cc1ccc(C(=O)Nc2ccc(NCCc3cccc(Cl)c3)nc2)cc1C. The molecule has 4 nitrogen and oxygen atoms in total. The highest BCUT2D eigenvalue weighted by Gasteiger charge is 2.07. The van der Waals surface area contributed by atoms with Gasteiger partial charge in [0.05, 0.1) is 11.9 Å². The second kappa shape index (κ2) is 8.69. The second-order valence-electron chi connectivity index (χ2n) is 6.49. The van der Waals surface area contributed by atoms with Gasteiger partial charge in [0.25, 0.3) is 5.91 Å². The molecule has 1 heterocycles. The summed E-state index contributed by atoms with van der Waals surface area (Å²) in [6.07, 6.45) is 2.51. The zero-order chi connectivity index (χ0) is 19.2. The summed E-state index contributed by atoms with van der Waals surface area (Å²) in [5, 5.41) is 6.89. The predicted octanol–water partition coefficient (Wildman–Crippen LogP) is 5.26. The zero-order valence-corrected chi connectivity index (χ0v) is 16.2. The predicted molar refractivity (Wildman–Crippen MR) is 112 cm³/mol. The van der Waals surface area contributed by atoms with Crippen LogP contribution in [-0.2, 0) is 6.42 Å². The normalized spacial score (nSPS) is 10.5. The Morgan fingerprint density at radius 1 is 1.04 bits per heavy atom. The van der Waals surface area contributed by atoms with Crippen LogP contribution in [0.4, 0.5) is 11.5 Å². The fourth-order valence-electron chi connectivity index (χ4n) is 2.69. The highest BCUT2D eigenvalue weighted by atomic mass is 35.5. The first-order chi connectivity index (χ1) is 13.0. The third-order valence-electron chi connectivity index (χ3n) is 4.40. The molecule has 3 aromatic rings. The van der Waals surface area contributed by atoms with Crippen molar-refractivity contribution in [3.05, 3.63) is 88.1 Å². The summed E-state index contributed by atoms with van der Waals surface area (Å²) in [4.78, 5) is 16.7. The second-order valence-corrected chi connectivity index (χ2v) is 6.93. The zero-order valence-electron chi connectivity index (χ0n) is 15.4. The van der Waals surface area contributed by atoms with Crippen molar-refractivity contribution in [1.82, 2.24) is 4.98 Å². The Balaban J connectivity index is 1.53. The lowest BCUT2D eigenvalue weighted by atomic mass is 10.1. The van der Waals surface area contributed by atoms with Crippen molar-refractivity contribution in [2.24, 2.45) is 0 Å². The van der Waals surface area contributed by atoms with Crippen molar-refractivity contribution in [1.29, 1.82) is 0 Å². The number of aryl methyl sites for hydroxylation is 2. The molecule has 0 fully saturated rings. The van der Waals surface area contributed by atoms with Gasteiger partial charge in [-0.1, -0.05) is 29.8 Å². The molecular formula is C22H22ClN3O. The maximum Gasteiger partial charge on any atom is 0.255 e. The molecule has 138 valence electrons. The van der Waals surface area contributed by atoms with Crippen molar-refractivity contribution in [3.63, 3.8) is 0 Å². The largest absolute Gasteiger partial charge is 0.370 e. The summed E-state index contributed by atoms with van der Waals surface area (Å²) >= 11 is 5.99. The Morgan fingerprint density at radius 2 is 1.89 bits per heavy atom. The minimum absolute atomic E-state index is 0.137. The van der Waals surface area contributed by atoms with E-state index in [0.717, 1.165) is 29.4 Å². The van der Waals surface area contributed by atoms with E-state index in [2.05, 4.69) is 15.6 Å². The highest BCUT2D eigenvalue weighted by Crippen LogP contribution is 2.15. The minimum Gasteiger partial charge on any atom is -0.370 e. The van der Waals surface area contributed by atoms with Crippen LogP contribution in [0.1, 0.15) is 27.0 Å². The lowest BCUT2D eigenvalue weighted by molar-refractivity contribution is 0.102. The fraction of sp³-hybridized carbons (Fsp3) is 0.182. The van der Waals surface area contributed by atoms with Crippen LogP contribution in [0.15, 0.2) is 60.8 Å². The minimum atomic E-state index is -0.137. The number of halogens is 1. The van der Waals surface area contributed by atoms with Gasteiger partial charge < -0.3 is 10.6 Å². The number of benzene rings is 2. The van der Waals surface area contributed by atoms with E-state index < -0.39 is 0 Å². The molecule has 0 aliphatic rings. The Bertz CT molecular complexity index is 939. The Hall–Kier alpha value is -2.85. The number of anilines is 2. The van der Waals surface area contributed by atoms with Crippen LogP contribution in [0.2, 0.25) is 5.02 Å². The molecule has 2 aromatic carbocycles. The summed E-state index contributed by atoms with van der Waals surface area (Å²) in [7, 11) is 0. The number of hydrogen-bond donors (Lipinski definition) is 2. The number of carbonyl (C=O) groups is 1. The third kappa shape index (κ3) is 5.31. The van der Waals surface area contributed by atoms with E-state index in [0.29, 0.717) is 11.3 Å². The van der Waals surface area contributed by atoms with Crippen molar-refractivity contribution < 1.29 is 4.79 Å². The molecule has 2 N–H and O–H groups in total. The third-order valence-corrected chi connectivity index (χ3v) is 4.63. The summed E-state index contributed by atoms with van der Waals surface area (Å²) in [5.41, 5.74) is 4.74. The average Bonchev–Trinajstić information content (AvgIpc) is 2.65. The van der Waals surface area contributed by atoms with Crippen molar-refractivity contribution in [2.45, 2.75) is 20.3 Å². The van der Waals surface area contributed by atoms with E-state index in [-0.39, 0.29) is 5.91 Å². The molecule has 0 bridgehead atoms. The van der Waals surface area contributed by atoms with Gasteiger partial charge in [0, 0.05) is 17.1 Å². The molecule has 0 saturated heterocycles. The van der Waals surface area contributed by atoms with Crippen LogP contribution >= 0.6 is 11.6 Å². The van der Waals surface area contributed by atoms with Crippen molar-refractivity contribution in [2.75, 3.05) is 17.2 Å². The summed E-state index contributed by atoms with van der Waals surface area (Å²) in [5.74, 6) is 0.628. The first-order valence-electron chi connectivity index (χ1n) is 8.84. The highest BCUT2D eigenvalue weighted by molar-refractivity contribution is 6.30. The molecule has 1 aromatic heterocycles. The standard InChI is InChI=1S/C22H22ClN3O/c1-15-6-7-18(12-16(15)2)22(27)26-20-8-9-21(25-14-20)24-11-10-17-4-3-5-19(23)13-17/h3-9,12-14H,10-11H2,1-2H3,(H,24,25)(H,26,27). The maximum atomic E-state index is 12.4. The summed E-state index contributed by atoms with van der Waals surface area (Å²) < 4.78 is 0. The Kier molecular flexibility index (Phi) is 6.09. The molecule has 0 radical (unpaired) electrons. The molecule has 0 unspecified atom stereocenters. The van der Waals surface area contributed by atoms with E-state index in [1.54, 1.807) is 6.20 Å². The maximum absolute atomic E-state index is 12.4. The monoisotopic (exact) mass is 379 g/mol. The fourth-order valence-corrected chi connectivity index (χ4v) is 2.90. The van der Waals surface area contributed by atoms with Crippen LogP contribution in [0.3, 0.4) is 0 Å². The number of hydrogen-bond acceptors (Lipinski definition) is 3. The first-order valence-corrected chi connectivity index (χ1v) is 9.22. The molecular weight excluding hydrogens is 358 g/mol. The average molecular weight is 380 g/mol. The van der Waals surface area contributed by atoms with Gasteiger partial charge in [0.1, 0.15) is 5.82 Å². The molecule has 5 heteroatoms. The van der Waals surface area contributed by atoms with Crippen LogP contribution in [0, 0.1) is 13.8 Å². The quantitative estimate of drug-likeness (QED) is 0.614. The summed E-state index contributed by atoms with van der Waals surface area (Å²) in [6, 6.07) is 17.2. The number of nitrogens with one attached hydrogen (secondary N) is 2. The first kappa shape index (κ1) is 18.9. The lowest BCUT2D eigenvalue weighted by Crippen LogP contribution is -2.13. The molecule has 0 aliphatic carbocycles. The number of rotatable bonds is 6. The lowest BCUT2D eigenvalue weighted by Gasteiger charge is -2.09. The Morgan fingerprint density at radius 3 is 2.59 bits per heavy atom. The van der Waals surface area contributed by atoms with Gasteiger partial charge >= 0.3 is 0 Å². The van der Waals surface area contributed by atoms with E-state index in [4.69, 9.17) is 11.6 Å². The molecule has 0 aliphatic heterocycles. The summed E-state index contributed by atoms with van der Waals surface area (Å²) in [6.45, 7) is 4.78. The molecule has 1 amide bonds. The number of pyridine rings is 1. The van der Waals surface area contributed by atoms with Gasteiger partial charge in [0.2, 0.25) is 0 Å². The molecule has 27 heavy (non-hydrogen) atoms. The number of aromatic nitrogens is 1. The number of amides is 1. The van der Waals surface area contributed by atoms with Crippen LogP contribution in [0.5, 0.6) is 0 Å².